The molecule has 0 saturated carbocycles. The van der Waals surface area contributed by atoms with Crippen molar-refractivity contribution < 1.29 is 23.1 Å². The standard InChI is InChI=1S/C13H17NO5S/c1-13(2,12(15)16)14(3)20(17,18)10-4-5-11-9(8-10)6-7-19-11/h4-5,8H,6-7H2,1-3H3,(H,15,16). The molecule has 20 heavy (non-hydrogen) atoms. The summed E-state index contributed by atoms with van der Waals surface area (Å²) in [5.41, 5.74) is -0.693. The molecule has 110 valence electrons. The quantitative estimate of drug-likeness (QED) is 0.900. The molecule has 7 heteroatoms. The molecule has 1 aromatic rings. The van der Waals surface area contributed by atoms with Crippen LogP contribution < -0.4 is 4.74 Å². The van der Waals surface area contributed by atoms with Crippen LogP contribution in [-0.2, 0) is 21.2 Å². The van der Waals surface area contributed by atoms with E-state index in [1.54, 1.807) is 12.1 Å². The number of hydrogen-bond acceptors (Lipinski definition) is 4. The monoisotopic (exact) mass is 299 g/mol. The van der Waals surface area contributed by atoms with Crippen LogP contribution in [0.25, 0.3) is 0 Å². The number of sulfonamides is 1. The average Bonchev–Trinajstić information content (AvgIpc) is 2.84. The van der Waals surface area contributed by atoms with Crippen molar-refractivity contribution in [1.82, 2.24) is 4.31 Å². The van der Waals surface area contributed by atoms with Crippen molar-refractivity contribution in [2.75, 3.05) is 13.7 Å². The summed E-state index contributed by atoms with van der Waals surface area (Å²) in [7, 11) is -2.60. The van der Waals surface area contributed by atoms with Gasteiger partial charge in [0.2, 0.25) is 10.0 Å². The van der Waals surface area contributed by atoms with E-state index in [-0.39, 0.29) is 4.90 Å². The number of carboxylic acid groups (broad SMARTS) is 1. The van der Waals surface area contributed by atoms with E-state index in [1.165, 1.54) is 27.0 Å². The van der Waals surface area contributed by atoms with Gasteiger partial charge in [0.1, 0.15) is 11.3 Å². The third-order valence-corrected chi connectivity index (χ3v) is 5.66. The van der Waals surface area contributed by atoms with Gasteiger partial charge < -0.3 is 9.84 Å². The van der Waals surface area contributed by atoms with Crippen molar-refractivity contribution in [2.24, 2.45) is 0 Å². The predicted octanol–water partition coefficient (Wildman–Crippen LogP) is 1.11. The third kappa shape index (κ3) is 2.27. The summed E-state index contributed by atoms with van der Waals surface area (Å²) in [6, 6.07) is 4.59. The van der Waals surface area contributed by atoms with E-state index in [2.05, 4.69) is 0 Å². The number of carboxylic acids is 1. The zero-order valence-electron chi connectivity index (χ0n) is 11.6. The van der Waals surface area contributed by atoms with Gasteiger partial charge in [-0.15, -0.1) is 0 Å². The van der Waals surface area contributed by atoms with E-state index in [1.807, 2.05) is 0 Å². The first-order valence-corrected chi connectivity index (χ1v) is 7.59. The lowest BCUT2D eigenvalue weighted by atomic mass is 10.1. The van der Waals surface area contributed by atoms with Gasteiger partial charge in [-0.1, -0.05) is 0 Å². The van der Waals surface area contributed by atoms with Crippen molar-refractivity contribution in [3.8, 4) is 5.75 Å². The van der Waals surface area contributed by atoms with Crippen LogP contribution in [0.3, 0.4) is 0 Å². The van der Waals surface area contributed by atoms with Gasteiger partial charge in [0.05, 0.1) is 11.5 Å². The summed E-state index contributed by atoms with van der Waals surface area (Å²) in [5, 5.41) is 9.15. The maximum atomic E-state index is 12.5. The van der Waals surface area contributed by atoms with Crippen molar-refractivity contribution in [1.29, 1.82) is 0 Å². The van der Waals surface area contributed by atoms with Gasteiger partial charge in [-0.25, -0.2) is 8.42 Å². The minimum Gasteiger partial charge on any atom is -0.493 e. The molecule has 0 atom stereocenters. The van der Waals surface area contributed by atoms with E-state index < -0.39 is 21.5 Å². The minimum atomic E-state index is -3.87. The fourth-order valence-electron chi connectivity index (χ4n) is 1.92. The lowest BCUT2D eigenvalue weighted by Gasteiger charge is -2.30. The Morgan fingerprint density at radius 3 is 2.65 bits per heavy atom. The highest BCUT2D eigenvalue weighted by Gasteiger charge is 2.40. The summed E-state index contributed by atoms with van der Waals surface area (Å²) >= 11 is 0. The third-order valence-electron chi connectivity index (χ3n) is 3.63. The Morgan fingerprint density at radius 1 is 1.40 bits per heavy atom. The second-order valence-corrected chi connectivity index (χ2v) is 7.17. The molecule has 0 amide bonds. The largest absolute Gasteiger partial charge is 0.493 e. The van der Waals surface area contributed by atoms with Crippen molar-refractivity contribution >= 4 is 16.0 Å². The van der Waals surface area contributed by atoms with Crippen LogP contribution in [0.1, 0.15) is 19.4 Å². The predicted molar refractivity (Wildman–Crippen MR) is 72.3 cm³/mol. The van der Waals surface area contributed by atoms with Gasteiger partial charge in [0.15, 0.2) is 0 Å². The highest BCUT2D eigenvalue weighted by atomic mass is 32.2. The van der Waals surface area contributed by atoms with Gasteiger partial charge >= 0.3 is 5.97 Å². The molecule has 1 aliphatic rings. The number of rotatable bonds is 4. The Bertz CT molecular complexity index is 651. The van der Waals surface area contributed by atoms with E-state index >= 15 is 0 Å². The summed E-state index contributed by atoms with van der Waals surface area (Å²) in [6.07, 6.45) is 0.657. The second-order valence-electron chi connectivity index (χ2n) is 5.20. The van der Waals surface area contributed by atoms with Crippen LogP contribution in [0.2, 0.25) is 0 Å². The molecule has 0 unspecified atom stereocenters. The topological polar surface area (TPSA) is 83.9 Å². The minimum absolute atomic E-state index is 0.0820. The van der Waals surface area contributed by atoms with E-state index in [0.29, 0.717) is 18.8 Å². The van der Waals surface area contributed by atoms with E-state index in [9.17, 15) is 13.2 Å². The number of aliphatic carboxylic acids is 1. The Hall–Kier alpha value is -1.60. The first kappa shape index (κ1) is 14.8. The summed E-state index contributed by atoms with van der Waals surface area (Å²) in [4.78, 5) is 11.3. The Labute approximate surface area is 118 Å². The average molecular weight is 299 g/mol. The van der Waals surface area contributed by atoms with E-state index in [4.69, 9.17) is 9.84 Å². The first-order valence-electron chi connectivity index (χ1n) is 6.15. The highest BCUT2D eigenvalue weighted by molar-refractivity contribution is 7.89. The SMILES string of the molecule is CN(C(C)(C)C(=O)O)S(=O)(=O)c1ccc2c(c1)CCO2. The first-order chi connectivity index (χ1) is 9.17. The Kier molecular flexibility index (Phi) is 3.51. The normalized spacial score (nSPS) is 15.0. The van der Waals surface area contributed by atoms with Gasteiger partial charge in [-0.2, -0.15) is 4.31 Å². The molecule has 0 aliphatic carbocycles. The summed E-state index contributed by atoms with van der Waals surface area (Å²) in [5.74, 6) is -0.517. The van der Waals surface area contributed by atoms with Crippen LogP contribution in [0, 0.1) is 0 Å². The lowest BCUT2D eigenvalue weighted by Crippen LogP contribution is -2.50. The number of hydrogen-bond donors (Lipinski definition) is 1. The van der Waals surface area contributed by atoms with Crippen molar-refractivity contribution in [3.63, 3.8) is 0 Å². The van der Waals surface area contributed by atoms with Crippen LogP contribution in [0.5, 0.6) is 5.75 Å². The molecule has 1 aromatic carbocycles. The van der Waals surface area contributed by atoms with Gasteiger partial charge in [-0.05, 0) is 37.6 Å². The molecule has 0 radical (unpaired) electrons. The molecule has 0 saturated heterocycles. The molecular formula is C13H17NO5S. The molecular weight excluding hydrogens is 282 g/mol. The number of likely N-dealkylation sites (N-methyl/N-ethyl adjacent to an activating group) is 1. The molecule has 0 aromatic heterocycles. The zero-order valence-corrected chi connectivity index (χ0v) is 12.4. The number of carbonyl (C=O) groups is 1. The zero-order chi connectivity index (χ0) is 15.1. The maximum absolute atomic E-state index is 12.5. The molecule has 1 heterocycles. The summed E-state index contributed by atoms with van der Waals surface area (Å²) in [6.45, 7) is 3.24. The summed E-state index contributed by atoms with van der Waals surface area (Å²) < 4.78 is 31.2. The molecule has 0 spiro atoms. The Balaban J connectivity index is 2.43. The molecule has 0 fully saturated rings. The van der Waals surface area contributed by atoms with Crippen LogP contribution >= 0.6 is 0 Å². The van der Waals surface area contributed by atoms with Crippen molar-refractivity contribution in [2.45, 2.75) is 30.7 Å². The number of ether oxygens (including phenoxy) is 1. The highest BCUT2D eigenvalue weighted by Crippen LogP contribution is 2.30. The number of nitrogens with zero attached hydrogens (tertiary/aromatic N) is 1. The smallest absolute Gasteiger partial charge is 0.324 e. The van der Waals surface area contributed by atoms with Gasteiger partial charge in [0, 0.05) is 13.5 Å². The molecule has 1 N–H and O–H groups in total. The van der Waals surface area contributed by atoms with Crippen LogP contribution in [0.4, 0.5) is 0 Å². The number of fused-ring (bicyclic) bond motifs is 1. The fourth-order valence-corrected chi connectivity index (χ4v) is 3.44. The van der Waals surface area contributed by atoms with Gasteiger partial charge in [-0.3, -0.25) is 4.79 Å². The second kappa shape index (κ2) is 4.75. The number of benzene rings is 1. The molecule has 1 aliphatic heterocycles. The van der Waals surface area contributed by atoms with E-state index in [0.717, 1.165) is 9.87 Å². The molecule has 0 bridgehead atoms. The fraction of sp³-hybridized carbons (Fsp3) is 0.462. The van der Waals surface area contributed by atoms with Crippen LogP contribution in [0.15, 0.2) is 23.1 Å². The van der Waals surface area contributed by atoms with Gasteiger partial charge in [0.25, 0.3) is 0 Å². The Morgan fingerprint density at radius 2 is 2.05 bits per heavy atom. The molecule has 2 rings (SSSR count). The molecule has 6 nitrogen and oxygen atoms in total. The lowest BCUT2D eigenvalue weighted by molar-refractivity contribution is -0.145. The van der Waals surface area contributed by atoms with Crippen LogP contribution in [-0.4, -0.2) is 43.0 Å². The maximum Gasteiger partial charge on any atom is 0.324 e. The van der Waals surface area contributed by atoms with Crippen molar-refractivity contribution in [3.05, 3.63) is 23.8 Å².